The Labute approximate surface area is 106 Å². The van der Waals surface area contributed by atoms with Gasteiger partial charge >= 0.3 is 55.7 Å². The number of nitrogens with one attached hydrogen (secondary N) is 1. The molecule has 0 aliphatic heterocycles. The van der Waals surface area contributed by atoms with Gasteiger partial charge in [0.1, 0.15) is 6.04 Å². The van der Waals surface area contributed by atoms with Gasteiger partial charge < -0.3 is 24.1 Å². The van der Waals surface area contributed by atoms with Crippen molar-refractivity contribution in [1.29, 1.82) is 0 Å². The zero-order chi connectivity index (χ0) is 9.72. The molecule has 0 radical (unpaired) electrons. The average Bonchev–Trinajstić information content (AvgIpc) is 1.83. The summed E-state index contributed by atoms with van der Waals surface area (Å²) in [5.74, 6) is -2.76. The van der Waals surface area contributed by atoms with Crippen molar-refractivity contribution < 1.29 is 27.4 Å². The monoisotopic (exact) mass is 218 g/mol. The maximum atomic E-state index is 10.2. The van der Waals surface area contributed by atoms with Crippen molar-refractivity contribution in [2.24, 2.45) is 5.73 Å². The maximum absolute atomic E-state index is 10.2. The van der Waals surface area contributed by atoms with Gasteiger partial charge in [-0.2, -0.15) is 0 Å². The van der Waals surface area contributed by atoms with Crippen molar-refractivity contribution in [3.05, 3.63) is 0 Å². The number of carbonyl (C=O) groups excluding carboxylic acids is 1. The summed E-state index contributed by atoms with van der Waals surface area (Å²) in [6, 6.07) is -2.54. The third-order valence-electron chi connectivity index (χ3n) is 0.993. The van der Waals surface area contributed by atoms with E-state index in [2.05, 4.69) is 5.73 Å². The second-order valence-corrected chi connectivity index (χ2v) is 2.00. The molecule has 0 aromatic carbocycles. The van der Waals surface area contributed by atoms with Crippen molar-refractivity contribution in [3.63, 3.8) is 0 Å². The van der Waals surface area contributed by atoms with Crippen LogP contribution in [0.3, 0.4) is 0 Å². The number of primary amides is 1. The minimum atomic E-state index is -1.47. The first-order valence-electron chi connectivity index (χ1n) is 2.94. The van der Waals surface area contributed by atoms with Gasteiger partial charge in [-0.3, -0.25) is 4.79 Å². The Morgan fingerprint density at radius 3 is 2.08 bits per heavy atom. The molecule has 0 aliphatic carbocycles. The van der Waals surface area contributed by atoms with Crippen LogP contribution in [0.5, 0.6) is 0 Å². The molecule has 1 atom stereocenters. The van der Waals surface area contributed by atoms with E-state index in [1.807, 2.05) is 0 Å². The summed E-state index contributed by atoms with van der Waals surface area (Å²) in [6.45, 7) is 0. The molecule has 0 aromatic rings. The Balaban J connectivity index is -0.000000202. The Bertz CT molecular complexity index is 211. The molecule has 0 aliphatic rings. The number of hydrogen-bond donors (Lipinski definition) is 4. The second-order valence-electron chi connectivity index (χ2n) is 2.00. The zero-order valence-electron chi connectivity index (χ0n) is 8.69. The van der Waals surface area contributed by atoms with Gasteiger partial charge in [-0.25, -0.2) is 9.59 Å². The van der Waals surface area contributed by atoms with Gasteiger partial charge in [0.25, 0.3) is 0 Å². The van der Waals surface area contributed by atoms with Gasteiger partial charge in [0.2, 0.25) is 0 Å². The smallest absolute Gasteiger partial charge is 1.00 e. The first-order valence-corrected chi connectivity index (χ1v) is 2.94. The third kappa shape index (κ3) is 7.82. The van der Waals surface area contributed by atoms with E-state index in [4.69, 9.17) is 10.2 Å². The summed E-state index contributed by atoms with van der Waals surface area (Å²) >= 11 is 0. The molecule has 5 N–H and O–H groups in total. The summed E-state index contributed by atoms with van der Waals surface area (Å²) in [5, 5.41) is 18.3. The van der Waals surface area contributed by atoms with Gasteiger partial charge in [-0.05, 0) is 0 Å². The quantitative estimate of drug-likeness (QED) is 0.423. The molecular weight excluding hydrogens is 208 g/mol. The topological polar surface area (TPSA) is 130 Å². The predicted molar refractivity (Wildman–Crippen MR) is 44.4 cm³/mol. The molecule has 0 heterocycles. The third-order valence-corrected chi connectivity index (χ3v) is 0.993. The minimum absolute atomic E-state index is 0. The number of amides is 2. The summed E-state index contributed by atoms with van der Waals surface area (Å²) in [7, 11) is 0. The van der Waals surface area contributed by atoms with Gasteiger partial charge in [0.15, 0.2) is 0 Å². The van der Waals surface area contributed by atoms with E-state index < -0.39 is 30.4 Å². The molecule has 0 saturated heterocycles. The molecule has 0 aromatic heterocycles. The van der Waals surface area contributed by atoms with Crippen LogP contribution in [0.25, 0.3) is 0 Å². The SMILES string of the molecule is NC(=O)NC(CC(=O)O)C(=O)O.[Ca+2].[H-].[H-]. The van der Waals surface area contributed by atoms with Crippen molar-refractivity contribution in [3.8, 4) is 0 Å². The molecule has 7 nitrogen and oxygen atoms in total. The standard InChI is InChI=1S/C5H8N2O5.Ca.2H/c6-5(12)7-2(4(10)11)1-3(8)9;;;/h2H,1H2,(H,8,9)(H,10,11)(H3,6,7,12);;;/q;+2;2*-1. The fraction of sp³-hybridized carbons (Fsp3) is 0.400. The maximum Gasteiger partial charge on any atom is 2.00 e. The molecule has 0 fully saturated rings. The van der Waals surface area contributed by atoms with Crippen LogP contribution in [0.2, 0.25) is 0 Å². The van der Waals surface area contributed by atoms with Gasteiger partial charge in [-0.1, -0.05) is 0 Å². The Hall–Kier alpha value is -0.530. The van der Waals surface area contributed by atoms with E-state index in [1.165, 1.54) is 0 Å². The summed E-state index contributed by atoms with van der Waals surface area (Å²) in [5.41, 5.74) is 4.60. The van der Waals surface area contributed by atoms with Gasteiger partial charge in [0, 0.05) is 0 Å². The van der Waals surface area contributed by atoms with Crippen LogP contribution in [0.1, 0.15) is 9.27 Å². The van der Waals surface area contributed by atoms with Crippen LogP contribution < -0.4 is 11.1 Å². The molecular formula is C5H10CaN2O5. The number of rotatable bonds is 4. The van der Waals surface area contributed by atoms with Crippen molar-refractivity contribution >= 4 is 55.7 Å². The summed E-state index contributed by atoms with van der Waals surface area (Å²) in [6.07, 6.45) is -0.696. The first kappa shape index (κ1) is 15.0. The van der Waals surface area contributed by atoms with E-state index in [0.29, 0.717) is 0 Å². The fourth-order valence-electron chi connectivity index (χ4n) is 0.546. The minimum Gasteiger partial charge on any atom is -1.00 e. The number of urea groups is 1. The molecule has 8 heteroatoms. The van der Waals surface area contributed by atoms with Gasteiger partial charge in [-0.15, -0.1) is 0 Å². The van der Waals surface area contributed by atoms with E-state index in [-0.39, 0.29) is 40.6 Å². The normalized spacial score (nSPS) is 10.8. The molecule has 2 amide bonds. The molecule has 0 bridgehead atoms. The van der Waals surface area contributed by atoms with Crippen LogP contribution >= 0.6 is 0 Å². The Morgan fingerprint density at radius 1 is 1.38 bits per heavy atom. The van der Waals surface area contributed by atoms with Crippen molar-refractivity contribution in [1.82, 2.24) is 5.32 Å². The summed E-state index contributed by atoms with van der Waals surface area (Å²) < 4.78 is 0. The fourth-order valence-corrected chi connectivity index (χ4v) is 0.546. The van der Waals surface area contributed by atoms with Crippen molar-refractivity contribution in [2.75, 3.05) is 0 Å². The predicted octanol–water partition coefficient (Wildman–Crippen LogP) is -1.57. The van der Waals surface area contributed by atoms with E-state index in [0.717, 1.165) is 0 Å². The van der Waals surface area contributed by atoms with E-state index >= 15 is 0 Å². The van der Waals surface area contributed by atoms with E-state index in [9.17, 15) is 14.4 Å². The number of hydrogen-bond acceptors (Lipinski definition) is 3. The summed E-state index contributed by atoms with van der Waals surface area (Å²) in [4.78, 5) is 30.4. The molecule has 13 heavy (non-hydrogen) atoms. The van der Waals surface area contributed by atoms with Crippen molar-refractivity contribution in [2.45, 2.75) is 12.5 Å². The van der Waals surface area contributed by atoms with Crippen LogP contribution in [0.4, 0.5) is 4.79 Å². The first-order chi connectivity index (χ1) is 5.43. The Morgan fingerprint density at radius 2 is 1.85 bits per heavy atom. The molecule has 0 rings (SSSR count). The Kier molecular flexibility index (Phi) is 7.98. The van der Waals surface area contributed by atoms with Crippen LogP contribution in [-0.2, 0) is 9.59 Å². The zero-order valence-corrected chi connectivity index (χ0v) is 8.90. The number of carbonyl (C=O) groups is 3. The number of carboxylic acid groups (broad SMARTS) is 2. The molecule has 0 spiro atoms. The van der Waals surface area contributed by atoms with E-state index in [1.54, 1.807) is 5.32 Å². The number of aliphatic carboxylic acids is 2. The van der Waals surface area contributed by atoms with Crippen LogP contribution in [-0.4, -0.2) is 72.0 Å². The number of carboxylic acids is 2. The van der Waals surface area contributed by atoms with Crippen LogP contribution in [0.15, 0.2) is 0 Å². The molecule has 0 saturated carbocycles. The average molecular weight is 218 g/mol. The van der Waals surface area contributed by atoms with Gasteiger partial charge in [0.05, 0.1) is 6.42 Å². The molecule has 72 valence electrons. The molecule has 1 unspecified atom stereocenters. The number of nitrogens with two attached hydrogens (primary N) is 1. The largest absolute Gasteiger partial charge is 2.00 e. The van der Waals surface area contributed by atoms with Crippen LogP contribution in [0, 0.1) is 0 Å². The second kappa shape index (κ2) is 6.93.